The first-order chi connectivity index (χ1) is 15.0. The molecule has 0 fully saturated rings. The minimum Gasteiger partial charge on any atom is -0.362 e. The van der Waals surface area contributed by atoms with E-state index in [1.54, 1.807) is 27.8 Å². The van der Waals surface area contributed by atoms with E-state index in [9.17, 15) is 9.18 Å². The van der Waals surface area contributed by atoms with E-state index in [-0.39, 0.29) is 11.7 Å². The van der Waals surface area contributed by atoms with E-state index >= 15 is 0 Å². The molecule has 3 heterocycles. The van der Waals surface area contributed by atoms with Crippen molar-refractivity contribution in [3.8, 4) is 0 Å². The summed E-state index contributed by atoms with van der Waals surface area (Å²) >= 11 is 0. The molecule has 4 aromatic rings. The minimum atomic E-state index is -0.417. The number of benzene rings is 1. The maximum Gasteiger partial charge on any atom is 0.258 e. The van der Waals surface area contributed by atoms with Gasteiger partial charge in [0.2, 0.25) is 5.65 Å². The normalized spacial score (nSPS) is 12.1. The highest BCUT2D eigenvalue weighted by Gasteiger charge is 2.15. The number of fused-ring (bicyclic) bond motifs is 1. The second kappa shape index (κ2) is 8.50. The Kier molecular flexibility index (Phi) is 5.61. The number of aromatic nitrogens is 6. The third-order valence-electron chi connectivity index (χ3n) is 4.90. The Hall–Kier alpha value is -3.82. The number of aryl methyl sites for hydroxylation is 2. The molecule has 0 aliphatic carbocycles. The minimum absolute atomic E-state index is 0.305. The van der Waals surface area contributed by atoms with Gasteiger partial charge in [-0.05, 0) is 39.0 Å². The van der Waals surface area contributed by atoms with Gasteiger partial charge in [0.15, 0.2) is 0 Å². The molecule has 0 bridgehead atoms. The zero-order chi connectivity index (χ0) is 22.0. The van der Waals surface area contributed by atoms with Gasteiger partial charge in [0.05, 0.1) is 30.2 Å². The molecular weight excluding hydrogens is 399 g/mol. The van der Waals surface area contributed by atoms with Gasteiger partial charge < -0.3 is 10.6 Å². The summed E-state index contributed by atoms with van der Waals surface area (Å²) in [5.74, 6) is -0.205. The topological polar surface area (TPSA) is 103 Å². The fourth-order valence-corrected chi connectivity index (χ4v) is 3.19. The quantitative estimate of drug-likeness (QED) is 0.472. The summed E-state index contributed by atoms with van der Waals surface area (Å²) < 4.78 is 17.9. The summed E-state index contributed by atoms with van der Waals surface area (Å²) in [7, 11) is 0. The predicted molar refractivity (Wildman–Crippen MR) is 115 cm³/mol. The van der Waals surface area contributed by atoms with Gasteiger partial charge in [0.1, 0.15) is 17.2 Å². The zero-order valence-electron chi connectivity index (χ0n) is 17.5. The summed E-state index contributed by atoms with van der Waals surface area (Å²) in [5.41, 5.74) is 2.54. The number of halogens is 1. The molecule has 2 N–H and O–H groups in total. The van der Waals surface area contributed by atoms with Crippen molar-refractivity contribution >= 4 is 28.6 Å². The van der Waals surface area contributed by atoms with Gasteiger partial charge in [0, 0.05) is 30.5 Å². The molecular formula is C21H23FN8O. The molecule has 3 aromatic heterocycles. The van der Waals surface area contributed by atoms with Gasteiger partial charge in [0.25, 0.3) is 5.91 Å². The molecule has 0 unspecified atom stereocenters. The number of rotatable bonds is 7. The largest absolute Gasteiger partial charge is 0.362 e. The summed E-state index contributed by atoms with van der Waals surface area (Å²) in [4.78, 5) is 21.3. The van der Waals surface area contributed by atoms with Crippen molar-refractivity contribution in [1.29, 1.82) is 0 Å². The second-order valence-electron chi connectivity index (χ2n) is 7.09. The maximum atomic E-state index is 14.5. The van der Waals surface area contributed by atoms with E-state index in [4.69, 9.17) is 0 Å². The van der Waals surface area contributed by atoms with E-state index in [0.29, 0.717) is 40.3 Å². The Balaban J connectivity index is 1.51. The van der Waals surface area contributed by atoms with E-state index in [2.05, 4.69) is 30.8 Å². The van der Waals surface area contributed by atoms with Crippen LogP contribution in [-0.4, -0.2) is 35.4 Å². The molecule has 1 atom stereocenters. The highest BCUT2D eigenvalue weighted by molar-refractivity contribution is 6.03. The summed E-state index contributed by atoms with van der Waals surface area (Å²) in [6.45, 7) is 7.13. The first kappa shape index (κ1) is 20.5. The summed E-state index contributed by atoms with van der Waals surface area (Å²) in [5, 5.41) is 14.4. The molecule has 4 rings (SSSR count). The average Bonchev–Trinajstić information content (AvgIpc) is 3.41. The molecule has 1 aromatic carbocycles. The van der Waals surface area contributed by atoms with Crippen LogP contribution in [0.15, 0.2) is 43.0 Å². The number of carbonyl (C=O) groups is 1. The first-order valence-electron chi connectivity index (χ1n) is 10.1. The van der Waals surface area contributed by atoms with Crippen LogP contribution < -0.4 is 10.6 Å². The molecule has 0 saturated carbocycles. The summed E-state index contributed by atoms with van der Waals surface area (Å²) in [6, 6.07) is 4.04. The van der Waals surface area contributed by atoms with Crippen LogP contribution in [0, 0.1) is 5.82 Å². The molecule has 0 aliphatic heterocycles. The van der Waals surface area contributed by atoms with Crippen LogP contribution in [0.25, 0.3) is 11.2 Å². The highest BCUT2D eigenvalue weighted by Crippen LogP contribution is 2.25. The molecule has 9 nitrogen and oxygen atoms in total. The van der Waals surface area contributed by atoms with Gasteiger partial charge in [-0.3, -0.25) is 14.2 Å². The van der Waals surface area contributed by atoms with Crippen LogP contribution in [0.1, 0.15) is 42.7 Å². The molecule has 1 amide bonds. The number of nitrogens with zero attached hydrogens (tertiary/aromatic N) is 6. The molecule has 160 valence electrons. The van der Waals surface area contributed by atoms with Crippen molar-refractivity contribution in [3.05, 3.63) is 59.9 Å². The van der Waals surface area contributed by atoms with Gasteiger partial charge in [-0.15, -0.1) is 0 Å². The van der Waals surface area contributed by atoms with Gasteiger partial charge >= 0.3 is 0 Å². The summed E-state index contributed by atoms with van der Waals surface area (Å²) in [6.07, 6.45) is 6.59. The third kappa shape index (κ3) is 4.37. The number of amides is 1. The lowest BCUT2D eigenvalue weighted by Gasteiger charge is -2.16. The average molecular weight is 422 g/mol. The Bertz CT molecular complexity index is 1230. The van der Waals surface area contributed by atoms with Crippen LogP contribution in [-0.2, 0) is 13.1 Å². The van der Waals surface area contributed by atoms with E-state index in [1.807, 2.05) is 27.0 Å². The fraction of sp³-hybridized carbons (Fsp3) is 0.286. The van der Waals surface area contributed by atoms with Crippen LogP contribution >= 0.6 is 0 Å². The van der Waals surface area contributed by atoms with Crippen LogP contribution in [0.5, 0.6) is 0 Å². The highest BCUT2D eigenvalue weighted by atomic mass is 19.1. The van der Waals surface area contributed by atoms with Crippen molar-refractivity contribution in [1.82, 2.24) is 29.5 Å². The smallest absolute Gasteiger partial charge is 0.258 e. The Labute approximate surface area is 178 Å². The predicted octanol–water partition coefficient (Wildman–Crippen LogP) is 3.63. The van der Waals surface area contributed by atoms with Gasteiger partial charge in [-0.25, -0.2) is 14.4 Å². The molecule has 10 heteroatoms. The van der Waals surface area contributed by atoms with Crippen molar-refractivity contribution in [3.63, 3.8) is 0 Å². The van der Waals surface area contributed by atoms with Gasteiger partial charge in [-0.2, -0.15) is 10.2 Å². The molecule has 0 radical (unpaired) electrons. The third-order valence-corrected chi connectivity index (χ3v) is 4.90. The Morgan fingerprint density at radius 1 is 1.16 bits per heavy atom. The number of hydrogen-bond acceptors (Lipinski definition) is 6. The Morgan fingerprint density at radius 3 is 2.71 bits per heavy atom. The molecule has 0 aliphatic rings. The number of nitrogens with one attached hydrogen (secondary N) is 2. The van der Waals surface area contributed by atoms with Crippen molar-refractivity contribution in [2.45, 2.75) is 39.9 Å². The maximum absolute atomic E-state index is 14.5. The standard InChI is InChI=1S/C21H23FN8O/c1-4-29-11-14(9-24-29)21(31)26-15-6-7-17(22)16(8-15)13(3)25-19-10-23-18-12-30(5-2)28-20(18)27-19/h6-13H,4-5H2,1-3H3,(H,26,31)(H,25,27,28)/t13-/m0/s1. The van der Waals surface area contributed by atoms with E-state index in [1.165, 1.54) is 18.3 Å². The van der Waals surface area contributed by atoms with Crippen LogP contribution in [0.2, 0.25) is 0 Å². The molecule has 31 heavy (non-hydrogen) atoms. The zero-order valence-corrected chi connectivity index (χ0v) is 17.5. The molecule has 0 saturated heterocycles. The lowest BCUT2D eigenvalue weighted by molar-refractivity contribution is 0.102. The van der Waals surface area contributed by atoms with E-state index in [0.717, 1.165) is 6.54 Å². The number of anilines is 2. The van der Waals surface area contributed by atoms with Crippen LogP contribution in [0.4, 0.5) is 15.9 Å². The second-order valence-corrected chi connectivity index (χ2v) is 7.09. The number of hydrogen-bond donors (Lipinski definition) is 2. The lowest BCUT2D eigenvalue weighted by atomic mass is 10.1. The fourth-order valence-electron chi connectivity index (χ4n) is 3.19. The first-order valence-corrected chi connectivity index (χ1v) is 10.1. The van der Waals surface area contributed by atoms with Crippen molar-refractivity contribution in [2.24, 2.45) is 0 Å². The molecule has 0 spiro atoms. The number of carbonyl (C=O) groups excluding carboxylic acids is 1. The van der Waals surface area contributed by atoms with Crippen LogP contribution in [0.3, 0.4) is 0 Å². The Morgan fingerprint density at radius 2 is 1.97 bits per heavy atom. The van der Waals surface area contributed by atoms with E-state index < -0.39 is 6.04 Å². The van der Waals surface area contributed by atoms with Crippen molar-refractivity contribution < 1.29 is 9.18 Å². The van der Waals surface area contributed by atoms with Gasteiger partial charge in [-0.1, -0.05) is 0 Å². The lowest BCUT2D eigenvalue weighted by Crippen LogP contribution is -2.14. The van der Waals surface area contributed by atoms with Crippen molar-refractivity contribution in [2.75, 3.05) is 10.6 Å². The SMILES string of the molecule is CCn1cc(C(=O)Nc2ccc(F)c([C@H](C)Nc3cnc4cn(CC)nc4n3)c2)cn1. The monoisotopic (exact) mass is 422 g/mol.